The molecule has 0 fully saturated rings. The second-order valence-electron chi connectivity index (χ2n) is 10.2. The Morgan fingerprint density at radius 2 is 0.961 bits per heavy atom. The SMILES string of the molecule is N[C@@H](CC(=O)OCc1cn(CCC(F)(F)C(F)(F)C(F)(F)C(F)(F)F)nn1)C(=O)OCc1cn(CCC(F)(F)C(F)(F)C(F)(F)C(F)(F)F)nn1. The summed E-state index contributed by atoms with van der Waals surface area (Å²) < 4.78 is 243. The molecule has 2 rings (SSSR count). The van der Waals surface area contributed by atoms with Crippen LogP contribution in [0.1, 0.15) is 30.7 Å². The molecule has 0 saturated heterocycles. The molecule has 0 aliphatic carbocycles. The third-order valence-electron chi connectivity index (χ3n) is 6.33. The largest absolute Gasteiger partial charge is 0.460 e. The Bertz CT molecular complexity index is 1510. The Kier molecular flexibility index (Phi) is 12.3. The van der Waals surface area contributed by atoms with Crippen LogP contribution in [0.3, 0.4) is 0 Å². The minimum Gasteiger partial charge on any atom is -0.459 e. The van der Waals surface area contributed by atoms with Gasteiger partial charge in [0.1, 0.15) is 30.6 Å². The van der Waals surface area contributed by atoms with Gasteiger partial charge in [0.05, 0.1) is 18.8 Å². The second kappa shape index (κ2) is 14.5. The predicted molar refractivity (Wildman–Crippen MR) is 123 cm³/mol. The zero-order chi connectivity index (χ0) is 39.6. The number of alkyl halides is 18. The van der Waals surface area contributed by atoms with Crippen molar-refractivity contribution in [2.24, 2.45) is 5.73 Å². The van der Waals surface area contributed by atoms with Crippen LogP contribution in [0.15, 0.2) is 12.4 Å². The Morgan fingerprint density at radius 1 is 0.608 bits per heavy atom. The monoisotopic (exact) mass is 787 g/mol. The third-order valence-corrected chi connectivity index (χ3v) is 6.33. The highest BCUT2D eigenvalue weighted by Gasteiger charge is 2.82. The molecule has 1 atom stereocenters. The normalized spacial score (nSPS) is 14.8. The van der Waals surface area contributed by atoms with E-state index >= 15 is 0 Å². The van der Waals surface area contributed by atoms with E-state index in [4.69, 9.17) is 5.73 Å². The van der Waals surface area contributed by atoms with Gasteiger partial charge in [-0.15, -0.1) is 10.2 Å². The van der Waals surface area contributed by atoms with Gasteiger partial charge in [0.15, 0.2) is 0 Å². The quantitative estimate of drug-likeness (QED) is 0.172. The third kappa shape index (κ3) is 9.24. The van der Waals surface area contributed by atoms with Gasteiger partial charge in [-0.1, -0.05) is 10.4 Å². The average molecular weight is 787 g/mol. The maximum atomic E-state index is 13.7. The molecule has 0 spiro atoms. The summed E-state index contributed by atoms with van der Waals surface area (Å²) in [5.41, 5.74) is 4.60. The van der Waals surface area contributed by atoms with Crippen molar-refractivity contribution in [3.05, 3.63) is 23.8 Å². The average Bonchev–Trinajstić information content (AvgIpc) is 3.64. The topological polar surface area (TPSA) is 140 Å². The van der Waals surface area contributed by atoms with Crippen molar-refractivity contribution < 1.29 is 98.1 Å². The number of aryl methyl sites for hydroxylation is 2. The summed E-state index contributed by atoms with van der Waals surface area (Å²) in [6.45, 7) is -4.49. The molecule has 0 aliphatic rings. The van der Waals surface area contributed by atoms with Crippen molar-refractivity contribution in [3.8, 4) is 0 Å². The molecule has 0 unspecified atom stereocenters. The van der Waals surface area contributed by atoms with Crippen LogP contribution in [0.2, 0.25) is 0 Å². The zero-order valence-corrected chi connectivity index (χ0v) is 24.4. The number of nitrogens with zero attached hydrogens (tertiary/aromatic N) is 6. The highest BCUT2D eigenvalue weighted by molar-refractivity contribution is 5.82. The molecule has 51 heavy (non-hydrogen) atoms. The molecule has 292 valence electrons. The predicted octanol–water partition coefficient (Wildman–Crippen LogP) is 5.09. The Morgan fingerprint density at radius 3 is 1.31 bits per heavy atom. The van der Waals surface area contributed by atoms with E-state index in [0.717, 1.165) is 0 Å². The lowest BCUT2D eigenvalue weighted by Gasteiger charge is -2.33. The van der Waals surface area contributed by atoms with Gasteiger partial charge in [0.2, 0.25) is 0 Å². The van der Waals surface area contributed by atoms with E-state index in [1.54, 1.807) is 0 Å². The van der Waals surface area contributed by atoms with E-state index in [2.05, 4.69) is 30.1 Å². The molecule has 2 N–H and O–H groups in total. The fraction of sp³-hybridized carbons (Fsp3) is 0.727. The number of hydrogen-bond acceptors (Lipinski definition) is 9. The highest BCUT2D eigenvalue weighted by atomic mass is 19.4. The summed E-state index contributed by atoms with van der Waals surface area (Å²) in [6.07, 6.45) is -18.2. The summed E-state index contributed by atoms with van der Waals surface area (Å²) >= 11 is 0. The van der Waals surface area contributed by atoms with Gasteiger partial charge in [0, 0.05) is 25.9 Å². The molecule has 0 bridgehead atoms. The number of hydrogen-bond donors (Lipinski definition) is 1. The van der Waals surface area contributed by atoms with Gasteiger partial charge in [-0.3, -0.25) is 19.0 Å². The lowest BCUT2D eigenvalue weighted by atomic mass is 10.0. The van der Waals surface area contributed by atoms with Crippen LogP contribution in [0.4, 0.5) is 79.0 Å². The first-order valence-corrected chi connectivity index (χ1v) is 13.1. The molecule has 2 heterocycles. The Labute approximate surface area is 270 Å². The second-order valence-corrected chi connectivity index (χ2v) is 10.2. The van der Waals surface area contributed by atoms with E-state index in [-0.39, 0.29) is 0 Å². The molecular formula is C22H19F18N7O4. The molecule has 11 nitrogen and oxygen atoms in total. The van der Waals surface area contributed by atoms with Crippen LogP contribution in [0.5, 0.6) is 0 Å². The first kappa shape index (κ1) is 43.1. The van der Waals surface area contributed by atoms with Gasteiger partial charge >= 0.3 is 59.8 Å². The van der Waals surface area contributed by atoms with E-state index in [0.29, 0.717) is 21.8 Å². The van der Waals surface area contributed by atoms with E-state index in [1.807, 2.05) is 0 Å². The molecule has 0 amide bonds. The van der Waals surface area contributed by atoms with Crippen molar-refractivity contribution >= 4 is 11.9 Å². The highest BCUT2D eigenvalue weighted by Crippen LogP contribution is 2.55. The lowest BCUT2D eigenvalue weighted by molar-refractivity contribution is -0.397. The van der Waals surface area contributed by atoms with E-state index in [9.17, 15) is 88.6 Å². The van der Waals surface area contributed by atoms with Crippen LogP contribution in [-0.4, -0.2) is 95.9 Å². The van der Waals surface area contributed by atoms with Crippen LogP contribution in [-0.2, 0) is 45.4 Å². The zero-order valence-electron chi connectivity index (χ0n) is 24.4. The van der Waals surface area contributed by atoms with Gasteiger partial charge in [-0.25, -0.2) is 0 Å². The summed E-state index contributed by atoms with van der Waals surface area (Å²) in [7, 11) is 0. The van der Waals surface area contributed by atoms with Crippen molar-refractivity contribution in [1.29, 1.82) is 0 Å². The maximum absolute atomic E-state index is 13.7. The van der Waals surface area contributed by atoms with Crippen molar-refractivity contribution in [3.63, 3.8) is 0 Å². The maximum Gasteiger partial charge on any atom is 0.460 e. The summed E-state index contributed by atoms with van der Waals surface area (Å²) in [4.78, 5) is 24.0. The number of aromatic nitrogens is 6. The molecule has 2 aromatic heterocycles. The lowest BCUT2D eigenvalue weighted by Crippen LogP contribution is -2.61. The van der Waals surface area contributed by atoms with Crippen molar-refractivity contribution in [2.45, 2.75) is 99.5 Å². The molecule has 0 aliphatic heterocycles. The molecule has 0 radical (unpaired) electrons. The first-order valence-electron chi connectivity index (χ1n) is 13.1. The minimum absolute atomic E-state index is 0.305. The van der Waals surface area contributed by atoms with Gasteiger partial charge in [-0.05, 0) is 0 Å². The number of ether oxygens (including phenoxy) is 2. The van der Waals surface area contributed by atoms with Crippen molar-refractivity contribution in [2.75, 3.05) is 0 Å². The van der Waals surface area contributed by atoms with Crippen LogP contribution in [0, 0.1) is 0 Å². The number of rotatable bonds is 17. The van der Waals surface area contributed by atoms with E-state index in [1.165, 1.54) is 0 Å². The summed E-state index contributed by atoms with van der Waals surface area (Å²) in [6, 6.07) is -1.81. The van der Waals surface area contributed by atoms with Crippen LogP contribution < -0.4 is 5.73 Å². The number of carbonyl (C=O) groups excluding carboxylic acids is 2. The van der Waals surface area contributed by atoms with Gasteiger partial charge in [-0.2, -0.15) is 79.0 Å². The van der Waals surface area contributed by atoms with Crippen LogP contribution in [0.25, 0.3) is 0 Å². The smallest absolute Gasteiger partial charge is 0.459 e. The standard InChI is InChI=1S/C22H19F18N7O4/c23-15(24,17(27,28)19(31,32)21(35,36)37)1-3-46-6-10(42-44-46)8-50-13(48)5-12(41)14(49)51-9-11-7-47(45-43-11)4-2-16(25,26)18(29,30)20(33,34)22(38,39)40/h6-7,12H,1-5,8-9,41H2/t12-/m0/s1. The fourth-order valence-electron chi connectivity index (χ4n) is 3.40. The number of nitrogens with two attached hydrogens (primary N) is 1. The van der Waals surface area contributed by atoms with Crippen molar-refractivity contribution in [1.82, 2.24) is 30.0 Å². The molecule has 2 aromatic rings. The number of esters is 2. The van der Waals surface area contributed by atoms with Gasteiger partial charge in [0.25, 0.3) is 0 Å². The first-order chi connectivity index (χ1) is 22.8. The molecule has 0 aromatic carbocycles. The molecule has 0 saturated carbocycles. The van der Waals surface area contributed by atoms with Crippen LogP contribution >= 0.6 is 0 Å². The number of carbonyl (C=O) groups is 2. The van der Waals surface area contributed by atoms with E-state index < -0.39 is 123 Å². The minimum atomic E-state index is -7.09. The Hall–Kier alpha value is -4.08. The number of halogens is 18. The molecular weight excluding hydrogens is 768 g/mol. The Balaban J connectivity index is 1.83. The van der Waals surface area contributed by atoms with Gasteiger partial charge < -0.3 is 15.2 Å². The summed E-state index contributed by atoms with van der Waals surface area (Å²) in [5.74, 6) is -42.3. The fourth-order valence-corrected chi connectivity index (χ4v) is 3.40. The summed E-state index contributed by atoms with van der Waals surface area (Å²) in [5, 5.41) is 12.8. The molecule has 29 heteroatoms.